The lowest BCUT2D eigenvalue weighted by molar-refractivity contribution is -0.153. The Morgan fingerprint density at radius 2 is 1.90 bits per heavy atom. The first-order chi connectivity index (χ1) is 13.6. The van der Waals surface area contributed by atoms with Crippen LogP contribution in [0.4, 0.5) is 0 Å². The first kappa shape index (κ1) is 21.5. The van der Waals surface area contributed by atoms with E-state index in [1.807, 2.05) is 20.8 Å². The van der Waals surface area contributed by atoms with Gasteiger partial charge in [-0.1, -0.05) is 20.8 Å². The van der Waals surface area contributed by atoms with Crippen molar-refractivity contribution in [2.75, 3.05) is 11.5 Å². The van der Waals surface area contributed by atoms with Gasteiger partial charge in [0.1, 0.15) is 5.78 Å². The Morgan fingerprint density at radius 1 is 1.17 bits per heavy atom. The van der Waals surface area contributed by atoms with Crippen LogP contribution in [0, 0.1) is 28.6 Å². The summed E-state index contributed by atoms with van der Waals surface area (Å²) in [4.78, 5) is 26.0. The molecular weight excluding hydrogens is 388 g/mol. The van der Waals surface area contributed by atoms with Crippen LogP contribution in [0.1, 0.15) is 59.3 Å². The van der Waals surface area contributed by atoms with E-state index in [-0.39, 0.29) is 35.7 Å². The van der Waals surface area contributed by atoms with Crippen molar-refractivity contribution >= 4 is 23.3 Å². The van der Waals surface area contributed by atoms with Crippen LogP contribution in [0.15, 0.2) is 11.6 Å². The quantitative estimate of drug-likeness (QED) is 0.644. The number of rotatable bonds is 4. The van der Waals surface area contributed by atoms with Gasteiger partial charge in [-0.2, -0.15) is 11.8 Å². The first-order valence-electron chi connectivity index (χ1n) is 11.0. The fourth-order valence-electron chi connectivity index (χ4n) is 7.19. The zero-order chi connectivity index (χ0) is 21.2. The number of Topliss-reactive ketones (excluding diaryl/α,β-unsaturated/α-hetero) is 1. The Balaban J connectivity index is 1.71. The summed E-state index contributed by atoms with van der Waals surface area (Å²) in [5, 5.41) is 32.5. The lowest BCUT2D eigenvalue weighted by Gasteiger charge is -2.59. The van der Waals surface area contributed by atoms with Crippen LogP contribution in [-0.4, -0.2) is 56.2 Å². The highest BCUT2D eigenvalue weighted by molar-refractivity contribution is 7.99. The number of thioether (sulfide) groups is 1. The van der Waals surface area contributed by atoms with Crippen LogP contribution < -0.4 is 0 Å². The number of ketones is 2. The van der Waals surface area contributed by atoms with E-state index in [1.54, 1.807) is 17.8 Å². The summed E-state index contributed by atoms with van der Waals surface area (Å²) in [7, 11) is 0. The maximum absolute atomic E-state index is 13.1. The van der Waals surface area contributed by atoms with E-state index in [1.165, 1.54) is 0 Å². The zero-order valence-electron chi connectivity index (χ0n) is 17.7. The standard InChI is InChI=1S/C23H34O5S/c1-4-29-12-20(27)14-6-8-23(28)15-9-17(24)16-10-18(25)19(26)11-21(16,2)13(15)5-7-22(14,23)3/h9,13-14,16,18-19,25-26,28H,4-8,10-12H2,1-3H3. The van der Waals surface area contributed by atoms with Crippen molar-refractivity contribution in [1.29, 1.82) is 0 Å². The Labute approximate surface area is 177 Å². The molecule has 3 fully saturated rings. The molecule has 8 unspecified atom stereocenters. The van der Waals surface area contributed by atoms with Crippen molar-refractivity contribution in [1.82, 2.24) is 0 Å². The Bertz CT molecular complexity index is 750. The molecule has 4 rings (SSSR count). The van der Waals surface area contributed by atoms with Gasteiger partial charge < -0.3 is 15.3 Å². The van der Waals surface area contributed by atoms with Crippen LogP contribution in [0.25, 0.3) is 0 Å². The molecule has 5 nitrogen and oxygen atoms in total. The van der Waals surface area contributed by atoms with Crippen molar-refractivity contribution in [2.45, 2.75) is 77.1 Å². The monoisotopic (exact) mass is 422 g/mol. The third kappa shape index (κ3) is 2.93. The predicted octanol–water partition coefficient (Wildman–Crippen LogP) is 2.51. The van der Waals surface area contributed by atoms with E-state index in [2.05, 4.69) is 0 Å². The lowest BCUT2D eigenvalue weighted by atomic mass is 9.46. The summed E-state index contributed by atoms with van der Waals surface area (Å²) >= 11 is 1.63. The Morgan fingerprint density at radius 3 is 2.59 bits per heavy atom. The highest BCUT2D eigenvalue weighted by Crippen LogP contribution is 2.67. The summed E-state index contributed by atoms with van der Waals surface area (Å²) in [6.45, 7) is 6.12. The van der Waals surface area contributed by atoms with E-state index in [0.29, 0.717) is 25.0 Å². The highest BCUT2D eigenvalue weighted by Gasteiger charge is 2.67. The summed E-state index contributed by atoms with van der Waals surface area (Å²) in [5.41, 5.74) is -1.36. The third-order valence-corrected chi connectivity index (χ3v) is 9.85. The molecule has 8 atom stereocenters. The highest BCUT2D eigenvalue weighted by atomic mass is 32.2. The zero-order valence-corrected chi connectivity index (χ0v) is 18.5. The number of aliphatic hydroxyl groups is 3. The second-order valence-electron chi connectivity index (χ2n) is 10.2. The van der Waals surface area contributed by atoms with Gasteiger partial charge >= 0.3 is 0 Å². The average molecular weight is 423 g/mol. The van der Waals surface area contributed by atoms with Gasteiger partial charge in [0.2, 0.25) is 0 Å². The number of carbonyl (C=O) groups is 2. The molecule has 6 heteroatoms. The fourth-order valence-corrected chi connectivity index (χ4v) is 7.80. The Kier molecular flexibility index (Phi) is 5.33. The van der Waals surface area contributed by atoms with Gasteiger partial charge in [-0.25, -0.2) is 0 Å². The largest absolute Gasteiger partial charge is 0.390 e. The van der Waals surface area contributed by atoms with Crippen molar-refractivity contribution in [3.8, 4) is 0 Å². The summed E-state index contributed by atoms with van der Waals surface area (Å²) < 4.78 is 0. The molecule has 3 N–H and O–H groups in total. The van der Waals surface area contributed by atoms with Gasteiger partial charge in [0, 0.05) is 17.3 Å². The van der Waals surface area contributed by atoms with Gasteiger partial charge in [0.25, 0.3) is 0 Å². The van der Waals surface area contributed by atoms with Gasteiger partial charge in [0.05, 0.1) is 23.6 Å². The molecule has 0 saturated heterocycles. The molecule has 0 aromatic carbocycles. The smallest absolute Gasteiger partial charge is 0.159 e. The minimum atomic E-state index is -1.14. The summed E-state index contributed by atoms with van der Waals surface area (Å²) in [6, 6.07) is 0. The second-order valence-corrected chi connectivity index (χ2v) is 11.5. The molecule has 0 aromatic heterocycles. The number of hydrogen-bond donors (Lipinski definition) is 3. The van der Waals surface area contributed by atoms with E-state index in [9.17, 15) is 24.9 Å². The maximum Gasteiger partial charge on any atom is 0.159 e. The molecule has 0 amide bonds. The molecule has 0 radical (unpaired) electrons. The van der Waals surface area contributed by atoms with Crippen molar-refractivity contribution in [3.05, 3.63) is 11.6 Å². The molecule has 3 saturated carbocycles. The molecule has 0 bridgehead atoms. The third-order valence-electron chi connectivity index (χ3n) is 8.95. The van der Waals surface area contributed by atoms with Gasteiger partial charge in [-0.15, -0.1) is 0 Å². The van der Waals surface area contributed by atoms with Gasteiger partial charge in [-0.05, 0) is 67.3 Å². The molecule has 0 heterocycles. The van der Waals surface area contributed by atoms with Crippen molar-refractivity contribution in [3.63, 3.8) is 0 Å². The van der Waals surface area contributed by atoms with E-state index in [0.717, 1.165) is 24.2 Å². The van der Waals surface area contributed by atoms with Gasteiger partial charge in [0.15, 0.2) is 5.78 Å². The number of allylic oxidation sites excluding steroid dienone is 1. The second kappa shape index (κ2) is 7.18. The molecule has 4 aliphatic carbocycles. The van der Waals surface area contributed by atoms with Crippen molar-refractivity contribution < 1.29 is 24.9 Å². The Hall–Kier alpha value is -0.690. The van der Waals surface area contributed by atoms with E-state index in [4.69, 9.17) is 0 Å². The SMILES string of the molecule is CCSCC(=O)C1CCC2(O)C3=CC(=O)C4CC(O)C(O)CC4(C)C3CCC12C. The van der Waals surface area contributed by atoms with Crippen molar-refractivity contribution in [2.24, 2.45) is 28.6 Å². The topological polar surface area (TPSA) is 94.8 Å². The average Bonchev–Trinajstić information content (AvgIpc) is 2.94. The summed E-state index contributed by atoms with van der Waals surface area (Å²) in [6.07, 6.45) is 3.31. The number of hydrogen-bond acceptors (Lipinski definition) is 6. The molecule has 29 heavy (non-hydrogen) atoms. The van der Waals surface area contributed by atoms with Crippen LogP contribution in [0.3, 0.4) is 0 Å². The van der Waals surface area contributed by atoms with Gasteiger partial charge in [-0.3, -0.25) is 9.59 Å². The minimum absolute atomic E-state index is 0.00398. The minimum Gasteiger partial charge on any atom is -0.390 e. The maximum atomic E-state index is 13.1. The van der Waals surface area contributed by atoms with Crippen LogP contribution in [-0.2, 0) is 9.59 Å². The number of carbonyl (C=O) groups excluding carboxylic acids is 2. The molecule has 0 spiro atoms. The lowest BCUT2D eigenvalue weighted by Crippen LogP contribution is -2.61. The summed E-state index contributed by atoms with van der Waals surface area (Å²) in [5.74, 6) is 1.07. The molecule has 4 aliphatic rings. The van der Waals surface area contributed by atoms with Crippen LogP contribution >= 0.6 is 11.8 Å². The van der Waals surface area contributed by atoms with E-state index >= 15 is 0 Å². The van der Waals surface area contributed by atoms with E-state index < -0.39 is 28.6 Å². The fraction of sp³-hybridized carbons (Fsp3) is 0.826. The van der Waals surface area contributed by atoms with Crippen LogP contribution in [0.5, 0.6) is 0 Å². The normalized spacial score (nSPS) is 49.1. The molecular formula is C23H34O5S. The molecule has 0 aliphatic heterocycles. The number of aliphatic hydroxyl groups excluding tert-OH is 2. The predicted molar refractivity (Wildman–Crippen MR) is 112 cm³/mol. The molecule has 0 aromatic rings. The number of fused-ring (bicyclic) bond motifs is 5. The molecule has 162 valence electrons. The van der Waals surface area contributed by atoms with Crippen LogP contribution in [0.2, 0.25) is 0 Å². The first-order valence-corrected chi connectivity index (χ1v) is 12.2.